The van der Waals surface area contributed by atoms with Gasteiger partial charge in [-0.25, -0.2) is 4.98 Å². The molecule has 1 fully saturated rings. The van der Waals surface area contributed by atoms with Crippen LogP contribution in [0.15, 0.2) is 18.2 Å². The van der Waals surface area contributed by atoms with Crippen LogP contribution in [0, 0.1) is 6.92 Å². The summed E-state index contributed by atoms with van der Waals surface area (Å²) in [6, 6.07) is 6.72. The first-order valence-electron chi connectivity index (χ1n) is 5.63. The third kappa shape index (κ3) is 2.93. The van der Waals surface area contributed by atoms with Gasteiger partial charge in [-0.2, -0.15) is 0 Å². The molecule has 0 bridgehead atoms. The molecule has 2 rings (SSSR count). The SMILES string of the molecule is Cc1cccc(NC2CCN(C)CC2)n1. The molecule has 0 aliphatic carbocycles. The number of hydrogen-bond acceptors (Lipinski definition) is 3. The Hall–Kier alpha value is -1.09. The van der Waals surface area contributed by atoms with Crippen LogP contribution >= 0.6 is 0 Å². The number of hydrogen-bond donors (Lipinski definition) is 1. The highest BCUT2D eigenvalue weighted by Crippen LogP contribution is 2.14. The first kappa shape index (κ1) is 10.4. The van der Waals surface area contributed by atoms with E-state index in [9.17, 15) is 0 Å². The van der Waals surface area contributed by atoms with Crippen LogP contribution in [0.25, 0.3) is 0 Å². The topological polar surface area (TPSA) is 28.2 Å². The van der Waals surface area contributed by atoms with Crippen LogP contribution in [-0.2, 0) is 0 Å². The van der Waals surface area contributed by atoms with E-state index in [0.717, 1.165) is 11.5 Å². The highest BCUT2D eigenvalue weighted by atomic mass is 15.1. The Kier molecular flexibility index (Phi) is 3.21. The van der Waals surface area contributed by atoms with E-state index >= 15 is 0 Å². The standard InChI is InChI=1S/C12H19N3/c1-10-4-3-5-12(13-10)14-11-6-8-15(2)9-7-11/h3-5,11H,6-9H2,1-2H3,(H,13,14). The molecule has 0 amide bonds. The fourth-order valence-corrected chi connectivity index (χ4v) is 1.99. The maximum absolute atomic E-state index is 4.46. The number of likely N-dealkylation sites (tertiary alicyclic amines) is 1. The van der Waals surface area contributed by atoms with Gasteiger partial charge in [0.2, 0.25) is 0 Å². The molecule has 1 aromatic rings. The van der Waals surface area contributed by atoms with Crippen LogP contribution in [0.4, 0.5) is 5.82 Å². The van der Waals surface area contributed by atoms with Crippen LogP contribution in [-0.4, -0.2) is 36.1 Å². The first-order valence-corrected chi connectivity index (χ1v) is 5.63. The summed E-state index contributed by atoms with van der Waals surface area (Å²) in [5.74, 6) is 1.02. The molecule has 3 nitrogen and oxygen atoms in total. The molecule has 15 heavy (non-hydrogen) atoms. The molecule has 1 saturated heterocycles. The molecule has 0 saturated carbocycles. The Morgan fingerprint density at radius 1 is 1.33 bits per heavy atom. The molecule has 3 heteroatoms. The van der Waals surface area contributed by atoms with Crippen molar-refractivity contribution in [1.29, 1.82) is 0 Å². The van der Waals surface area contributed by atoms with Crippen LogP contribution in [0.3, 0.4) is 0 Å². The molecule has 1 aliphatic rings. The summed E-state index contributed by atoms with van der Waals surface area (Å²) in [4.78, 5) is 6.84. The van der Waals surface area contributed by atoms with Gasteiger partial charge in [-0.1, -0.05) is 6.07 Å². The molecular formula is C12H19N3. The van der Waals surface area contributed by atoms with E-state index in [1.165, 1.54) is 25.9 Å². The lowest BCUT2D eigenvalue weighted by atomic mass is 10.1. The fraction of sp³-hybridized carbons (Fsp3) is 0.583. The molecule has 1 aliphatic heterocycles. The zero-order valence-corrected chi connectivity index (χ0v) is 9.53. The molecule has 0 aromatic carbocycles. The first-order chi connectivity index (χ1) is 7.24. The van der Waals surface area contributed by atoms with Crippen molar-refractivity contribution in [3.05, 3.63) is 23.9 Å². The normalized spacial score (nSPS) is 19.1. The van der Waals surface area contributed by atoms with Crippen LogP contribution < -0.4 is 5.32 Å². The van der Waals surface area contributed by atoms with E-state index in [1.54, 1.807) is 0 Å². The third-order valence-corrected chi connectivity index (χ3v) is 2.96. The molecular weight excluding hydrogens is 186 g/mol. The van der Waals surface area contributed by atoms with Crippen molar-refractivity contribution in [1.82, 2.24) is 9.88 Å². The van der Waals surface area contributed by atoms with Crippen LogP contribution in [0.5, 0.6) is 0 Å². The fourth-order valence-electron chi connectivity index (χ4n) is 1.99. The minimum atomic E-state index is 0.593. The summed E-state index contributed by atoms with van der Waals surface area (Å²) in [5.41, 5.74) is 1.08. The van der Waals surface area contributed by atoms with Gasteiger partial charge in [-0.3, -0.25) is 0 Å². The Bertz CT molecular complexity index is 316. The van der Waals surface area contributed by atoms with Crippen molar-refractivity contribution in [3.63, 3.8) is 0 Å². The average molecular weight is 205 g/mol. The highest BCUT2D eigenvalue weighted by molar-refractivity contribution is 5.36. The van der Waals surface area contributed by atoms with Crippen molar-refractivity contribution < 1.29 is 0 Å². The zero-order valence-electron chi connectivity index (χ0n) is 9.53. The summed E-state index contributed by atoms with van der Waals surface area (Å²) in [7, 11) is 2.18. The lowest BCUT2D eigenvalue weighted by Crippen LogP contribution is -2.36. The van der Waals surface area contributed by atoms with Crippen molar-refractivity contribution >= 4 is 5.82 Å². The highest BCUT2D eigenvalue weighted by Gasteiger charge is 2.16. The minimum absolute atomic E-state index is 0.593. The zero-order chi connectivity index (χ0) is 10.7. The van der Waals surface area contributed by atoms with E-state index < -0.39 is 0 Å². The molecule has 0 radical (unpaired) electrons. The number of rotatable bonds is 2. The molecule has 2 heterocycles. The minimum Gasteiger partial charge on any atom is -0.367 e. The molecule has 0 atom stereocenters. The van der Waals surface area contributed by atoms with E-state index in [1.807, 2.05) is 19.1 Å². The number of aromatic nitrogens is 1. The van der Waals surface area contributed by atoms with Gasteiger partial charge in [0, 0.05) is 11.7 Å². The average Bonchev–Trinajstić information content (AvgIpc) is 2.22. The summed E-state index contributed by atoms with van der Waals surface area (Å²) in [6.07, 6.45) is 2.43. The molecule has 1 N–H and O–H groups in total. The van der Waals surface area contributed by atoms with Gasteiger partial charge in [0.25, 0.3) is 0 Å². The second-order valence-electron chi connectivity index (χ2n) is 4.39. The number of nitrogens with zero attached hydrogens (tertiary/aromatic N) is 2. The lowest BCUT2D eigenvalue weighted by Gasteiger charge is -2.29. The van der Waals surface area contributed by atoms with Crippen molar-refractivity contribution in [2.75, 3.05) is 25.5 Å². The summed E-state index contributed by atoms with van der Waals surface area (Å²) < 4.78 is 0. The van der Waals surface area contributed by atoms with E-state index in [-0.39, 0.29) is 0 Å². The monoisotopic (exact) mass is 205 g/mol. The van der Waals surface area contributed by atoms with Gasteiger partial charge in [-0.05, 0) is 52.0 Å². The molecule has 0 spiro atoms. The summed E-state index contributed by atoms with van der Waals surface area (Å²) in [5, 5.41) is 3.50. The summed E-state index contributed by atoms with van der Waals surface area (Å²) in [6.45, 7) is 4.40. The van der Waals surface area contributed by atoms with Gasteiger partial charge in [0.1, 0.15) is 5.82 Å². The van der Waals surface area contributed by atoms with Crippen LogP contribution in [0.1, 0.15) is 18.5 Å². The second-order valence-corrected chi connectivity index (χ2v) is 4.39. The van der Waals surface area contributed by atoms with Gasteiger partial charge in [-0.15, -0.1) is 0 Å². The maximum atomic E-state index is 4.46. The van der Waals surface area contributed by atoms with Crippen molar-refractivity contribution in [2.24, 2.45) is 0 Å². The third-order valence-electron chi connectivity index (χ3n) is 2.96. The molecule has 1 aromatic heterocycles. The number of aryl methyl sites for hydroxylation is 1. The Labute approximate surface area is 91.5 Å². The number of piperidine rings is 1. The van der Waals surface area contributed by atoms with E-state index in [4.69, 9.17) is 0 Å². The van der Waals surface area contributed by atoms with E-state index in [2.05, 4.69) is 28.3 Å². The van der Waals surface area contributed by atoms with E-state index in [0.29, 0.717) is 6.04 Å². The molecule has 82 valence electrons. The quantitative estimate of drug-likeness (QED) is 0.799. The van der Waals surface area contributed by atoms with Gasteiger partial charge < -0.3 is 10.2 Å². The predicted octanol–water partition coefficient (Wildman–Crippen LogP) is 1.90. The Morgan fingerprint density at radius 2 is 2.07 bits per heavy atom. The van der Waals surface area contributed by atoms with Gasteiger partial charge in [0.05, 0.1) is 0 Å². The van der Waals surface area contributed by atoms with Gasteiger partial charge >= 0.3 is 0 Å². The second kappa shape index (κ2) is 4.62. The summed E-state index contributed by atoms with van der Waals surface area (Å²) >= 11 is 0. The smallest absolute Gasteiger partial charge is 0.126 e. The van der Waals surface area contributed by atoms with Crippen LogP contribution in [0.2, 0.25) is 0 Å². The number of nitrogens with one attached hydrogen (secondary N) is 1. The van der Waals surface area contributed by atoms with Gasteiger partial charge in [0.15, 0.2) is 0 Å². The Balaban J connectivity index is 1.92. The molecule has 0 unspecified atom stereocenters. The Morgan fingerprint density at radius 3 is 2.73 bits per heavy atom. The maximum Gasteiger partial charge on any atom is 0.126 e. The lowest BCUT2D eigenvalue weighted by molar-refractivity contribution is 0.263. The van der Waals surface area contributed by atoms with Crippen molar-refractivity contribution in [2.45, 2.75) is 25.8 Å². The predicted molar refractivity (Wildman–Crippen MR) is 63.1 cm³/mol. The number of anilines is 1. The largest absolute Gasteiger partial charge is 0.367 e. The number of pyridine rings is 1. The van der Waals surface area contributed by atoms with Crippen molar-refractivity contribution in [3.8, 4) is 0 Å².